The summed E-state index contributed by atoms with van der Waals surface area (Å²) < 4.78 is 47.6. The monoisotopic (exact) mass is 430 g/mol. The zero-order valence-electron chi connectivity index (χ0n) is 14.2. The average molecular weight is 431 g/mol. The Morgan fingerprint density at radius 3 is 2.15 bits per heavy atom. The zero-order valence-corrected chi connectivity index (χ0v) is 16.6. The Bertz CT molecular complexity index is 1120. The molecule has 0 fully saturated rings. The second-order valence-corrected chi connectivity index (χ2v) is 9.64. The number of sulfone groups is 1. The number of nitrogens with one attached hydrogen (secondary N) is 1. The van der Waals surface area contributed by atoms with Crippen molar-refractivity contribution in [2.75, 3.05) is 6.26 Å². The van der Waals surface area contributed by atoms with Gasteiger partial charge >= 0.3 is 5.97 Å². The Morgan fingerprint density at radius 2 is 1.67 bits per heavy atom. The maximum absolute atomic E-state index is 12.2. The SMILES string of the molecule is Cc1ccc(S(=O)(=O)N/N=C(\C(=O)O)c2ccc(S(C)(=O)=O)c(Cl)c2)cc1. The summed E-state index contributed by atoms with van der Waals surface area (Å²) in [6.07, 6.45) is 0.954. The van der Waals surface area contributed by atoms with E-state index >= 15 is 0 Å². The van der Waals surface area contributed by atoms with E-state index in [9.17, 15) is 26.7 Å². The first-order chi connectivity index (χ1) is 12.4. The summed E-state index contributed by atoms with van der Waals surface area (Å²) in [5, 5.41) is 12.6. The van der Waals surface area contributed by atoms with Gasteiger partial charge in [0.05, 0.1) is 14.8 Å². The van der Waals surface area contributed by atoms with Gasteiger partial charge in [0.1, 0.15) is 0 Å². The maximum atomic E-state index is 12.2. The van der Waals surface area contributed by atoms with Crippen molar-refractivity contribution in [2.24, 2.45) is 5.10 Å². The van der Waals surface area contributed by atoms with E-state index in [2.05, 4.69) is 5.10 Å². The van der Waals surface area contributed by atoms with Crippen LogP contribution in [0.2, 0.25) is 5.02 Å². The van der Waals surface area contributed by atoms with Gasteiger partial charge in [-0.2, -0.15) is 18.4 Å². The first kappa shape index (κ1) is 20.9. The number of halogens is 1. The molecule has 0 heterocycles. The first-order valence-corrected chi connectivity index (χ1v) is 11.1. The molecule has 0 aliphatic rings. The minimum atomic E-state index is -4.08. The fraction of sp³-hybridized carbons (Fsp3) is 0.125. The van der Waals surface area contributed by atoms with E-state index in [-0.39, 0.29) is 20.4 Å². The summed E-state index contributed by atoms with van der Waals surface area (Å²) in [6, 6.07) is 9.26. The molecule has 0 saturated carbocycles. The van der Waals surface area contributed by atoms with Crippen molar-refractivity contribution in [1.29, 1.82) is 0 Å². The first-order valence-electron chi connectivity index (χ1n) is 7.31. The maximum Gasteiger partial charge on any atom is 0.356 e. The molecule has 0 spiro atoms. The summed E-state index contributed by atoms with van der Waals surface area (Å²) >= 11 is 5.90. The van der Waals surface area contributed by atoms with E-state index in [0.717, 1.165) is 24.0 Å². The summed E-state index contributed by atoms with van der Waals surface area (Å²) in [4.78, 5) is 13.0. The minimum absolute atomic E-state index is 0.0634. The van der Waals surface area contributed by atoms with Crippen molar-refractivity contribution in [3.63, 3.8) is 0 Å². The van der Waals surface area contributed by atoms with Crippen LogP contribution in [-0.4, -0.2) is 39.9 Å². The predicted molar refractivity (Wildman–Crippen MR) is 100 cm³/mol. The Balaban J connectivity index is 2.42. The van der Waals surface area contributed by atoms with E-state index in [4.69, 9.17) is 11.6 Å². The number of hydrogen-bond acceptors (Lipinski definition) is 6. The molecular formula is C16H15ClN2O6S2. The van der Waals surface area contributed by atoms with Gasteiger partial charge in [-0.15, -0.1) is 0 Å². The number of sulfonamides is 1. The minimum Gasteiger partial charge on any atom is -0.476 e. The molecule has 0 amide bonds. The lowest BCUT2D eigenvalue weighted by molar-refractivity contribution is -0.129. The predicted octanol–water partition coefficient (Wildman–Crippen LogP) is 1.82. The lowest BCUT2D eigenvalue weighted by Gasteiger charge is -2.08. The molecular weight excluding hydrogens is 416 g/mol. The topological polar surface area (TPSA) is 130 Å². The molecule has 2 aromatic rings. The highest BCUT2D eigenvalue weighted by Crippen LogP contribution is 2.23. The van der Waals surface area contributed by atoms with Crippen LogP contribution in [0.25, 0.3) is 0 Å². The molecule has 8 nitrogen and oxygen atoms in total. The Kier molecular flexibility index (Phi) is 5.93. The normalized spacial score (nSPS) is 12.6. The number of aryl methyl sites for hydroxylation is 1. The van der Waals surface area contributed by atoms with Crippen LogP contribution in [0.1, 0.15) is 11.1 Å². The molecule has 0 saturated heterocycles. The lowest BCUT2D eigenvalue weighted by Crippen LogP contribution is -2.24. The van der Waals surface area contributed by atoms with E-state index in [0.29, 0.717) is 0 Å². The Morgan fingerprint density at radius 1 is 1.07 bits per heavy atom. The van der Waals surface area contributed by atoms with Gasteiger partial charge < -0.3 is 5.11 Å². The molecule has 27 heavy (non-hydrogen) atoms. The Labute approximate surface area is 161 Å². The van der Waals surface area contributed by atoms with Gasteiger partial charge in [-0.25, -0.2) is 13.2 Å². The molecule has 0 bridgehead atoms. The summed E-state index contributed by atoms with van der Waals surface area (Å²) in [6.45, 7) is 1.79. The molecule has 0 aromatic heterocycles. The van der Waals surface area contributed by atoms with Crippen LogP contribution >= 0.6 is 11.6 Å². The highest BCUT2D eigenvalue weighted by Gasteiger charge is 2.20. The standard InChI is InChI=1S/C16H15ClN2O6S2/c1-10-3-6-12(7-4-10)27(24,25)19-18-15(16(20)21)11-5-8-14(13(17)9-11)26(2,22)23/h3-9,19H,1-2H3,(H,20,21)/b18-15-. The van der Waals surface area contributed by atoms with Crippen LogP contribution in [0.3, 0.4) is 0 Å². The number of hydrogen-bond donors (Lipinski definition) is 2. The molecule has 0 aliphatic carbocycles. The number of benzene rings is 2. The molecule has 0 radical (unpaired) electrons. The molecule has 0 unspecified atom stereocenters. The van der Waals surface area contributed by atoms with Crippen molar-refractivity contribution in [2.45, 2.75) is 16.7 Å². The van der Waals surface area contributed by atoms with Gasteiger partial charge in [-0.3, -0.25) is 0 Å². The van der Waals surface area contributed by atoms with Gasteiger partial charge in [0.25, 0.3) is 10.0 Å². The number of carboxylic acid groups (broad SMARTS) is 1. The van der Waals surface area contributed by atoms with Crippen molar-refractivity contribution < 1.29 is 26.7 Å². The zero-order chi connectivity index (χ0) is 20.4. The van der Waals surface area contributed by atoms with Crippen molar-refractivity contribution in [1.82, 2.24) is 4.83 Å². The van der Waals surface area contributed by atoms with E-state index in [1.807, 2.05) is 4.83 Å². The third kappa shape index (κ3) is 5.06. The van der Waals surface area contributed by atoms with Crippen LogP contribution < -0.4 is 4.83 Å². The van der Waals surface area contributed by atoms with E-state index in [1.54, 1.807) is 19.1 Å². The number of nitrogens with zero attached hydrogens (tertiary/aromatic N) is 1. The summed E-state index contributed by atoms with van der Waals surface area (Å²) in [7, 11) is -7.69. The molecule has 2 aromatic carbocycles. The van der Waals surface area contributed by atoms with Crippen LogP contribution in [0.4, 0.5) is 0 Å². The smallest absolute Gasteiger partial charge is 0.356 e. The highest BCUT2D eigenvalue weighted by molar-refractivity contribution is 7.90. The van der Waals surface area contributed by atoms with Gasteiger partial charge in [0.15, 0.2) is 15.5 Å². The van der Waals surface area contributed by atoms with Crippen LogP contribution in [0.5, 0.6) is 0 Å². The summed E-state index contributed by atoms with van der Waals surface area (Å²) in [5.41, 5.74) is 0.142. The average Bonchev–Trinajstić information content (AvgIpc) is 2.53. The fourth-order valence-corrected chi connectivity index (χ4v) is 4.20. The second-order valence-electron chi connectivity index (χ2n) is 5.59. The van der Waals surface area contributed by atoms with Gasteiger partial charge in [0.2, 0.25) is 0 Å². The molecule has 0 atom stereocenters. The van der Waals surface area contributed by atoms with E-state index in [1.165, 1.54) is 18.2 Å². The highest BCUT2D eigenvalue weighted by atomic mass is 35.5. The third-order valence-electron chi connectivity index (χ3n) is 3.42. The number of carbonyl (C=O) groups is 1. The molecule has 0 aliphatic heterocycles. The fourth-order valence-electron chi connectivity index (χ4n) is 2.06. The molecule has 2 rings (SSSR count). The number of rotatable bonds is 6. The molecule has 2 N–H and O–H groups in total. The third-order valence-corrected chi connectivity index (χ3v) is 6.22. The van der Waals surface area contributed by atoms with Crippen LogP contribution in [-0.2, 0) is 24.7 Å². The lowest BCUT2D eigenvalue weighted by atomic mass is 10.1. The van der Waals surface area contributed by atoms with Crippen molar-refractivity contribution in [3.05, 3.63) is 58.6 Å². The molecule has 144 valence electrons. The van der Waals surface area contributed by atoms with Gasteiger partial charge in [-0.05, 0) is 31.2 Å². The molecule has 11 heteroatoms. The van der Waals surface area contributed by atoms with Crippen molar-refractivity contribution >= 4 is 43.1 Å². The van der Waals surface area contributed by atoms with Crippen LogP contribution in [0.15, 0.2) is 57.4 Å². The van der Waals surface area contributed by atoms with Crippen LogP contribution in [0, 0.1) is 6.92 Å². The van der Waals surface area contributed by atoms with Crippen molar-refractivity contribution in [3.8, 4) is 0 Å². The quantitative estimate of drug-likeness (QED) is 0.531. The largest absolute Gasteiger partial charge is 0.476 e. The number of hydrazone groups is 1. The van der Waals surface area contributed by atoms with Gasteiger partial charge in [0, 0.05) is 11.8 Å². The number of carboxylic acids is 1. The van der Waals surface area contributed by atoms with Gasteiger partial charge in [-0.1, -0.05) is 35.4 Å². The Hall–Kier alpha value is -2.43. The second kappa shape index (κ2) is 7.67. The summed E-state index contributed by atoms with van der Waals surface area (Å²) in [5.74, 6) is -1.52. The number of aliphatic carboxylic acids is 1. The van der Waals surface area contributed by atoms with E-state index < -0.39 is 31.5 Å².